The minimum absolute atomic E-state index is 0.0816. The number of carbonyl (C=O) groups is 2. The third kappa shape index (κ3) is 1.31. The summed E-state index contributed by atoms with van der Waals surface area (Å²) in [6, 6.07) is 0.240. The summed E-state index contributed by atoms with van der Waals surface area (Å²) in [5.74, 6) is 1.62. The normalized spacial score (nSPS) is 43.9. The van der Waals surface area contributed by atoms with Gasteiger partial charge in [-0.15, -0.1) is 0 Å². The Labute approximate surface area is 108 Å². The standard InChI is InChI=1S/C15H21NO2/c17-14-12-9-6-7-10(8-9)13(12)15(18)16(14)11-4-2-1-3-5-11/h9-13H,1-8H2. The highest BCUT2D eigenvalue weighted by molar-refractivity contribution is 6.06. The number of hydrogen-bond donors (Lipinski definition) is 0. The van der Waals surface area contributed by atoms with E-state index in [2.05, 4.69) is 0 Å². The largest absolute Gasteiger partial charge is 0.279 e. The lowest BCUT2D eigenvalue weighted by Crippen LogP contribution is -2.42. The molecule has 1 saturated heterocycles. The molecule has 4 rings (SSSR count). The molecule has 4 atom stereocenters. The average molecular weight is 247 g/mol. The molecule has 4 unspecified atom stereocenters. The van der Waals surface area contributed by atoms with Crippen molar-refractivity contribution in [3.8, 4) is 0 Å². The molecule has 3 nitrogen and oxygen atoms in total. The molecule has 3 saturated carbocycles. The molecule has 0 aromatic carbocycles. The minimum Gasteiger partial charge on any atom is -0.279 e. The number of likely N-dealkylation sites (tertiary alicyclic amines) is 1. The van der Waals surface area contributed by atoms with E-state index in [0.29, 0.717) is 11.8 Å². The molecule has 0 radical (unpaired) electrons. The van der Waals surface area contributed by atoms with E-state index in [1.807, 2.05) is 0 Å². The van der Waals surface area contributed by atoms with Gasteiger partial charge in [0.25, 0.3) is 0 Å². The van der Waals surface area contributed by atoms with Crippen LogP contribution in [0.3, 0.4) is 0 Å². The van der Waals surface area contributed by atoms with Crippen LogP contribution in [0.1, 0.15) is 51.4 Å². The van der Waals surface area contributed by atoms with Crippen LogP contribution in [0.2, 0.25) is 0 Å². The quantitative estimate of drug-likeness (QED) is 0.667. The van der Waals surface area contributed by atoms with Crippen molar-refractivity contribution >= 4 is 11.8 Å². The Morgan fingerprint density at radius 2 is 1.33 bits per heavy atom. The van der Waals surface area contributed by atoms with E-state index in [4.69, 9.17) is 0 Å². The smallest absolute Gasteiger partial charge is 0.233 e. The topological polar surface area (TPSA) is 37.4 Å². The Kier molecular flexibility index (Phi) is 2.33. The molecule has 3 aliphatic carbocycles. The van der Waals surface area contributed by atoms with Crippen LogP contribution in [-0.2, 0) is 9.59 Å². The van der Waals surface area contributed by atoms with Crippen molar-refractivity contribution in [1.82, 2.24) is 4.90 Å². The van der Waals surface area contributed by atoms with Gasteiger partial charge in [0, 0.05) is 6.04 Å². The second-order valence-corrected chi connectivity index (χ2v) is 6.72. The van der Waals surface area contributed by atoms with Crippen molar-refractivity contribution in [3.05, 3.63) is 0 Å². The zero-order valence-corrected chi connectivity index (χ0v) is 10.8. The fraction of sp³-hybridized carbons (Fsp3) is 0.867. The van der Waals surface area contributed by atoms with Crippen molar-refractivity contribution in [2.24, 2.45) is 23.7 Å². The van der Waals surface area contributed by atoms with Crippen molar-refractivity contribution in [2.45, 2.75) is 57.4 Å². The monoisotopic (exact) mass is 247 g/mol. The van der Waals surface area contributed by atoms with Crippen LogP contribution in [-0.4, -0.2) is 22.8 Å². The summed E-state index contributed by atoms with van der Waals surface area (Å²) in [5, 5.41) is 0. The number of amides is 2. The summed E-state index contributed by atoms with van der Waals surface area (Å²) >= 11 is 0. The van der Waals surface area contributed by atoms with Gasteiger partial charge >= 0.3 is 0 Å². The number of imide groups is 1. The highest BCUT2D eigenvalue weighted by atomic mass is 16.2. The zero-order chi connectivity index (χ0) is 12.3. The molecule has 1 heterocycles. The van der Waals surface area contributed by atoms with Crippen molar-refractivity contribution < 1.29 is 9.59 Å². The lowest BCUT2D eigenvalue weighted by atomic mass is 9.81. The van der Waals surface area contributed by atoms with E-state index in [9.17, 15) is 9.59 Å². The Morgan fingerprint density at radius 1 is 0.778 bits per heavy atom. The van der Waals surface area contributed by atoms with Gasteiger partial charge in [0.05, 0.1) is 11.8 Å². The first-order chi connectivity index (χ1) is 8.77. The van der Waals surface area contributed by atoms with Gasteiger partial charge in [0.1, 0.15) is 0 Å². The second-order valence-electron chi connectivity index (χ2n) is 6.72. The minimum atomic E-state index is 0.0816. The first kappa shape index (κ1) is 11.0. The molecule has 0 aromatic heterocycles. The van der Waals surface area contributed by atoms with Crippen LogP contribution >= 0.6 is 0 Å². The first-order valence-corrected chi connectivity index (χ1v) is 7.64. The Hall–Kier alpha value is -0.860. The third-order valence-electron chi connectivity index (χ3n) is 5.90. The number of carbonyl (C=O) groups excluding carboxylic acids is 2. The summed E-state index contributed by atoms with van der Waals surface area (Å²) in [7, 11) is 0. The predicted molar refractivity (Wildman–Crippen MR) is 66.5 cm³/mol. The SMILES string of the molecule is O=C1C2C3CCC(C3)C2C(=O)N1C1CCCCC1. The van der Waals surface area contributed by atoms with Gasteiger partial charge in [-0.25, -0.2) is 0 Å². The molecule has 2 amide bonds. The maximum atomic E-state index is 12.6. The van der Waals surface area contributed by atoms with Gasteiger partial charge in [-0.2, -0.15) is 0 Å². The molecular formula is C15H21NO2. The number of fused-ring (bicyclic) bond motifs is 5. The zero-order valence-electron chi connectivity index (χ0n) is 10.8. The average Bonchev–Trinajstić information content (AvgIpc) is 3.05. The summed E-state index contributed by atoms with van der Waals surface area (Å²) in [6.07, 6.45) is 9.25. The third-order valence-corrected chi connectivity index (χ3v) is 5.90. The van der Waals surface area contributed by atoms with E-state index < -0.39 is 0 Å². The van der Waals surface area contributed by atoms with Gasteiger partial charge in [0.15, 0.2) is 0 Å². The maximum absolute atomic E-state index is 12.6. The summed E-state index contributed by atoms with van der Waals surface area (Å²) in [5.41, 5.74) is 0. The molecule has 1 aliphatic heterocycles. The van der Waals surface area contributed by atoms with Gasteiger partial charge in [-0.1, -0.05) is 19.3 Å². The number of nitrogens with zero attached hydrogens (tertiary/aromatic N) is 1. The van der Waals surface area contributed by atoms with Gasteiger partial charge in [0.2, 0.25) is 11.8 Å². The molecule has 2 bridgehead atoms. The fourth-order valence-corrected chi connectivity index (χ4v) is 5.13. The van der Waals surface area contributed by atoms with E-state index in [1.165, 1.54) is 32.1 Å². The predicted octanol–water partition coefficient (Wildman–Crippen LogP) is 2.35. The van der Waals surface area contributed by atoms with E-state index in [-0.39, 0.29) is 29.7 Å². The lowest BCUT2D eigenvalue weighted by Gasteiger charge is -2.30. The highest BCUT2D eigenvalue weighted by Gasteiger charge is 2.61. The molecule has 4 fully saturated rings. The van der Waals surface area contributed by atoms with Crippen molar-refractivity contribution in [2.75, 3.05) is 0 Å². The fourth-order valence-electron chi connectivity index (χ4n) is 5.13. The van der Waals surface area contributed by atoms with Crippen LogP contribution in [0.4, 0.5) is 0 Å². The van der Waals surface area contributed by atoms with E-state index in [0.717, 1.165) is 19.3 Å². The van der Waals surface area contributed by atoms with Gasteiger partial charge < -0.3 is 0 Å². The molecule has 0 N–H and O–H groups in total. The second kappa shape index (κ2) is 3.82. The molecule has 0 aromatic rings. The van der Waals surface area contributed by atoms with E-state index >= 15 is 0 Å². The van der Waals surface area contributed by atoms with Crippen LogP contribution in [0.5, 0.6) is 0 Å². The summed E-state index contributed by atoms with van der Waals surface area (Å²) in [4.78, 5) is 26.9. The van der Waals surface area contributed by atoms with Crippen LogP contribution in [0, 0.1) is 23.7 Å². The van der Waals surface area contributed by atoms with Crippen molar-refractivity contribution in [3.63, 3.8) is 0 Å². The molecule has 18 heavy (non-hydrogen) atoms. The van der Waals surface area contributed by atoms with Crippen LogP contribution in [0.15, 0.2) is 0 Å². The molecule has 0 spiro atoms. The molecule has 98 valence electrons. The lowest BCUT2D eigenvalue weighted by molar-refractivity contribution is -0.144. The van der Waals surface area contributed by atoms with Gasteiger partial charge in [-0.05, 0) is 43.9 Å². The molecule has 4 aliphatic rings. The Morgan fingerprint density at radius 3 is 1.89 bits per heavy atom. The highest BCUT2D eigenvalue weighted by Crippen LogP contribution is 2.56. The number of hydrogen-bond acceptors (Lipinski definition) is 2. The molecular weight excluding hydrogens is 226 g/mol. The summed E-state index contributed by atoms with van der Waals surface area (Å²) in [6.45, 7) is 0. The van der Waals surface area contributed by atoms with E-state index in [1.54, 1.807) is 4.90 Å². The first-order valence-electron chi connectivity index (χ1n) is 7.64. The Balaban J connectivity index is 1.62. The van der Waals surface area contributed by atoms with Crippen LogP contribution in [0.25, 0.3) is 0 Å². The summed E-state index contributed by atoms with van der Waals surface area (Å²) < 4.78 is 0. The number of rotatable bonds is 1. The van der Waals surface area contributed by atoms with Crippen molar-refractivity contribution in [1.29, 1.82) is 0 Å². The van der Waals surface area contributed by atoms with Gasteiger partial charge in [-0.3, -0.25) is 14.5 Å². The van der Waals surface area contributed by atoms with Crippen LogP contribution < -0.4 is 0 Å². The maximum Gasteiger partial charge on any atom is 0.233 e. The Bertz CT molecular complexity index is 371. The molecule has 3 heteroatoms.